The van der Waals surface area contributed by atoms with Gasteiger partial charge in [0.15, 0.2) is 0 Å². The zero-order valence-corrected chi connectivity index (χ0v) is 24.1. The topological polar surface area (TPSA) is 78.8 Å². The summed E-state index contributed by atoms with van der Waals surface area (Å²) in [5.41, 5.74) is 5.07. The highest BCUT2D eigenvalue weighted by atomic mass is 16.2. The number of aryl methyl sites for hydroxylation is 2. The number of hydrogen-bond acceptors (Lipinski definition) is 5. The molecule has 3 amide bonds. The van der Waals surface area contributed by atoms with Crippen molar-refractivity contribution < 1.29 is 14.4 Å². The molecule has 2 saturated heterocycles. The lowest BCUT2D eigenvalue weighted by Gasteiger charge is -2.36. The Morgan fingerprint density at radius 1 is 0.854 bits per heavy atom. The van der Waals surface area contributed by atoms with Gasteiger partial charge >= 0.3 is 0 Å². The van der Waals surface area contributed by atoms with Gasteiger partial charge in [-0.2, -0.15) is 5.10 Å². The molecule has 4 heterocycles. The smallest absolute Gasteiger partial charge is 0.263 e. The van der Waals surface area contributed by atoms with Crippen LogP contribution in [0.3, 0.4) is 0 Å². The molecule has 0 N–H and O–H groups in total. The highest BCUT2D eigenvalue weighted by Gasteiger charge is 2.39. The van der Waals surface area contributed by atoms with E-state index in [0.717, 1.165) is 62.3 Å². The number of carbonyl (C=O) groups is 3. The number of piperidine rings is 1. The molecule has 3 aliphatic rings. The van der Waals surface area contributed by atoms with Crippen molar-refractivity contribution in [3.05, 3.63) is 82.7 Å². The van der Waals surface area contributed by atoms with Crippen molar-refractivity contribution in [1.29, 1.82) is 0 Å². The molecule has 3 aliphatic heterocycles. The lowest BCUT2D eigenvalue weighted by molar-refractivity contribution is -0.136. The third-order valence-electron chi connectivity index (χ3n) is 9.11. The molecule has 3 aromatic rings. The van der Waals surface area contributed by atoms with Crippen molar-refractivity contribution in [2.24, 2.45) is 5.92 Å². The first-order valence-corrected chi connectivity index (χ1v) is 15.0. The van der Waals surface area contributed by atoms with E-state index >= 15 is 0 Å². The van der Waals surface area contributed by atoms with Crippen LogP contribution in [0.25, 0.3) is 0 Å². The number of likely N-dealkylation sites (tertiary alicyclic amines) is 1. The Balaban J connectivity index is 1.08. The third kappa shape index (κ3) is 5.39. The third-order valence-corrected chi connectivity index (χ3v) is 9.11. The van der Waals surface area contributed by atoms with Gasteiger partial charge in [0, 0.05) is 44.3 Å². The molecule has 1 aromatic heterocycles. The molecule has 0 saturated carbocycles. The molecular formula is C33H39N5O3. The van der Waals surface area contributed by atoms with Gasteiger partial charge < -0.3 is 9.80 Å². The molecule has 8 nitrogen and oxygen atoms in total. The monoisotopic (exact) mass is 553 g/mol. The van der Waals surface area contributed by atoms with Gasteiger partial charge in [-0.3, -0.25) is 24.0 Å². The van der Waals surface area contributed by atoms with Crippen molar-refractivity contribution in [1.82, 2.24) is 19.6 Å². The first-order valence-electron chi connectivity index (χ1n) is 15.0. The molecule has 2 aromatic carbocycles. The summed E-state index contributed by atoms with van der Waals surface area (Å²) in [7, 11) is 0. The number of anilines is 1. The summed E-state index contributed by atoms with van der Waals surface area (Å²) < 4.78 is 1.84. The summed E-state index contributed by atoms with van der Waals surface area (Å²) in [4.78, 5) is 45.9. The summed E-state index contributed by atoms with van der Waals surface area (Å²) in [5.74, 6) is 0.318. The minimum absolute atomic E-state index is 0.00545. The zero-order valence-electron chi connectivity index (χ0n) is 24.1. The number of fused-ring (bicyclic) bond motifs is 1. The van der Waals surface area contributed by atoms with Gasteiger partial charge in [-0.05, 0) is 75.6 Å². The average molecular weight is 554 g/mol. The molecule has 2 fully saturated rings. The fraction of sp³-hybridized carbons (Fsp3) is 0.455. The summed E-state index contributed by atoms with van der Waals surface area (Å²) >= 11 is 0. The minimum Gasteiger partial charge on any atom is -0.371 e. The molecule has 214 valence electrons. The molecular weight excluding hydrogens is 514 g/mol. The van der Waals surface area contributed by atoms with Crippen LogP contribution in [0.1, 0.15) is 75.7 Å². The van der Waals surface area contributed by atoms with Gasteiger partial charge in [-0.1, -0.05) is 36.4 Å². The maximum atomic E-state index is 13.5. The Hall–Kier alpha value is -3.94. The van der Waals surface area contributed by atoms with Crippen LogP contribution < -0.4 is 4.90 Å². The van der Waals surface area contributed by atoms with E-state index in [1.807, 2.05) is 36.7 Å². The number of nitrogens with zero attached hydrogens (tertiary/aromatic N) is 5. The van der Waals surface area contributed by atoms with E-state index in [2.05, 4.69) is 45.2 Å². The van der Waals surface area contributed by atoms with Crippen LogP contribution in [0.4, 0.5) is 5.69 Å². The van der Waals surface area contributed by atoms with Crippen LogP contribution in [0.15, 0.2) is 54.6 Å². The van der Waals surface area contributed by atoms with Crippen LogP contribution in [0.2, 0.25) is 0 Å². The molecule has 41 heavy (non-hydrogen) atoms. The van der Waals surface area contributed by atoms with E-state index in [-0.39, 0.29) is 30.2 Å². The fourth-order valence-corrected chi connectivity index (χ4v) is 6.88. The van der Waals surface area contributed by atoms with Crippen LogP contribution in [-0.2, 0) is 11.3 Å². The second-order valence-electron chi connectivity index (χ2n) is 11.7. The van der Waals surface area contributed by atoms with Crippen LogP contribution >= 0.6 is 0 Å². The molecule has 0 aliphatic carbocycles. The van der Waals surface area contributed by atoms with E-state index < -0.39 is 0 Å². The number of imide groups is 1. The largest absolute Gasteiger partial charge is 0.371 e. The number of aromatic nitrogens is 2. The Morgan fingerprint density at radius 3 is 2.37 bits per heavy atom. The van der Waals surface area contributed by atoms with E-state index in [0.29, 0.717) is 36.7 Å². The summed E-state index contributed by atoms with van der Waals surface area (Å²) in [6.45, 7) is 7.70. The molecule has 6 rings (SSSR count). The van der Waals surface area contributed by atoms with E-state index in [9.17, 15) is 14.4 Å². The van der Waals surface area contributed by atoms with Crippen molar-refractivity contribution in [2.45, 2.75) is 58.4 Å². The van der Waals surface area contributed by atoms with Crippen LogP contribution in [0, 0.1) is 19.8 Å². The van der Waals surface area contributed by atoms with Gasteiger partial charge in [0.25, 0.3) is 11.8 Å². The number of amides is 3. The molecule has 0 radical (unpaired) electrons. The minimum atomic E-state index is -0.242. The molecule has 1 atom stereocenters. The SMILES string of the molecule is Cc1cc(C)n(CCN2C(=O)c3cccc(N4CCC(C(=O)N5CCC[C@@H](c6ccccc6)CC5)CC4)c3C2=O)n1. The van der Waals surface area contributed by atoms with Crippen LogP contribution in [0.5, 0.6) is 0 Å². The average Bonchev–Trinajstić information content (AvgIpc) is 3.31. The Labute approximate surface area is 241 Å². The van der Waals surface area contributed by atoms with Gasteiger partial charge in [0.1, 0.15) is 0 Å². The van der Waals surface area contributed by atoms with Gasteiger partial charge in [-0.25, -0.2) is 0 Å². The second-order valence-corrected chi connectivity index (χ2v) is 11.7. The van der Waals surface area contributed by atoms with E-state index in [1.54, 1.807) is 6.07 Å². The van der Waals surface area contributed by atoms with E-state index in [1.165, 1.54) is 10.5 Å². The van der Waals surface area contributed by atoms with Crippen molar-refractivity contribution in [3.63, 3.8) is 0 Å². The number of rotatable bonds is 6. The summed E-state index contributed by atoms with van der Waals surface area (Å²) in [5, 5.41) is 4.47. The molecule has 8 heteroatoms. The maximum absolute atomic E-state index is 13.5. The van der Waals surface area contributed by atoms with Crippen molar-refractivity contribution in [3.8, 4) is 0 Å². The van der Waals surface area contributed by atoms with Crippen LogP contribution in [-0.4, -0.2) is 70.0 Å². The summed E-state index contributed by atoms with van der Waals surface area (Å²) in [6, 6.07) is 18.2. The number of carbonyl (C=O) groups excluding carboxylic acids is 3. The number of hydrogen-bond donors (Lipinski definition) is 0. The fourth-order valence-electron chi connectivity index (χ4n) is 6.88. The standard InChI is InChI=1S/C33H39N5O3/c1-23-22-24(2)38(34-23)21-20-37-32(40)28-11-6-12-29(30(28)33(37)41)35-17-14-27(15-18-35)31(39)36-16-7-10-26(13-19-36)25-8-4-3-5-9-25/h3-6,8-9,11-12,22,26-27H,7,10,13-21H2,1-2H3/t26-/m1/s1. The molecule has 0 unspecified atom stereocenters. The maximum Gasteiger partial charge on any atom is 0.263 e. The Kier molecular flexibility index (Phi) is 7.65. The van der Waals surface area contributed by atoms with E-state index in [4.69, 9.17) is 0 Å². The van der Waals surface area contributed by atoms with Gasteiger partial charge in [0.05, 0.1) is 29.1 Å². The van der Waals surface area contributed by atoms with Gasteiger partial charge in [0.2, 0.25) is 5.91 Å². The normalized spacial score (nSPS) is 20.0. The second kappa shape index (κ2) is 11.5. The lowest BCUT2D eigenvalue weighted by Crippen LogP contribution is -2.43. The Morgan fingerprint density at radius 2 is 1.63 bits per heavy atom. The summed E-state index contributed by atoms with van der Waals surface area (Å²) in [6.07, 6.45) is 4.68. The Bertz CT molecular complexity index is 1440. The molecule has 0 bridgehead atoms. The van der Waals surface area contributed by atoms with Crippen molar-refractivity contribution in [2.75, 3.05) is 37.6 Å². The highest BCUT2D eigenvalue weighted by molar-refractivity contribution is 6.23. The predicted octanol–water partition coefficient (Wildman–Crippen LogP) is 4.81. The van der Waals surface area contributed by atoms with Gasteiger partial charge in [-0.15, -0.1) is 0 Å². The highest BCUT2D eigenvalue weighted by Crippen LogP contribution is 2.35. The molecule has 0 spiro atoms. The number of benzene rings is 2. The lowest BCUT2D eigenvalue weighted by atomic mass is 9.92. The zero-order chi connectivity index (χ0) is 28.5. The quantitative estimate of drug-likeness (QED) is 0.410. The predicted molar refractivity (Wildman–Crippen MR) is 158 cm³/mol. The first kappa shape index (κ1) is 27.2. The van der Waals surface area contributed by atoms with Crippen molar-refractivity contribution >= 4 is 23.4 Å². The first-order chi connectivity index (χ1) is 19.9.